The standard InChI is InChI=1S/C22H47N2O3.C2HF3O2/c1-5-6-7-8-9-10-11-12-13-14-15-16-17-24(3,4)19-22(27)23(2)18-21(26)20-25;3-2(4,5)1(6)7/h21,25-26H,5-20H2,1-4H3;(H,6,7)/q+1;/p-1. The van der Waals surface area contributed by atoms with Gasteiger partial charge in [0, 0.05) is 13.6 Å². The topological polar surface area (TPSA) is 101 Å². The highest BCUT2D eigenvalue weighted by molar-refractivity contribution is 5.77. The number of aliphatic hydroxyl groups excluding tert-OH is 2. The molecule has 7 nitrogen and oxygen atoms in total. The van der Waals surface area contributed by atoms with Crippen LogP contribution in [0.25, 0.3) is 0 Å². The fourth-order valence-electron chi connectivity index (χ4n) is 3.42. The Morgan fingerprint density at radius 1 is 0.912 bits per heavy atom. The van der Waals surface area contributed by atoms with Crippen molar-refractivity contribution in [2.75, 3.05) is 47.4 Å². The van der Waals surface area contributed by atoms with E-state index in [0.29, 0.717) is 11.0 Å². The molecule has 1 atom stereocenters. The summed E-state index contributed by atoms with van der Waals surface area (Å²) in [5.41, 5.74) is 0. The Morgan fingerprint density at radius 3 is 1.65 bits per heavy atom. The number of hydrogen-bond donors (Lipinski definition) is 2. The highest BCUT2D eigenvalue weighted by Gasteiger charge is 2.28. The Bertz CT molecular complexity index is 531. The van der Waals surface area contributed by atoms with Gasteiger partial charge >= 0.3 is 6.18 Å². The number of aliphatic hydroxyl groups is 2. The minimum Gasteiger partial charge on any atom is -0.542 e. The maximum atomic E-state index is 12.2. The SMILES string of the molecule is CCCCCCCCCCCCCC[N+](C)(C)CC(=O)N(C)CC(O)CO.O=C([O-])C(F)(F)F. The van der Waals surface area contributed by atoms with Gasteiger partial charge in [0.1, 0.15) is 5.97 Å². The van der Waals surface area contributed by atoms with E-state index in [2.05, 4.69) is 21.0 Å². The van der Waals surface area contributed by atoms with Gasteiger partial charge in [0.05, 0.1) is 33.4 Å². The number of nitrogens with zero attached hydrogens (tertiary/aromatic N) is 2. The van der Waals surface area contributed by atoms with E-state index in [4.69, 9.17) is 15.0 Å². The first-order valence-electron chi connectivity index (χ1n) is 12.4. The van der Waals surface area contributed by atoms with Crippen LogP contribution in [0.15, 0.2) is 0 Å². The summed E-state index contributed by atoms with van der Waals surface area (Å²) < 4.78 is 32.2. The molecular weight excluding hydrogens is 453 g/mol. The van der Waals surface area contributed by atoms with Gasteiger partial charge in [0.2, 0.25) is 0 Å². The predicted octanol–water partition coefficient (Wildman–Crippen LogP) is 2.87. The fraction of sp³-hybridized carbons (Fsp3) is 0.917. The average molecular weight is 501 g/mol. The average Bonchev–Trinajstić information content (AvgIpc) is 2.73. The Kier molecular flexibility index (Phi) is 20.3. The second-order valence-corrected chi connectivity index (χ2v) is 9.60. The maximum Gasteiger partial charge on any atom is 0.430 e. The monoisotopic (exact) mass is 500 g/mol. The molecule has 34 heavy (non-hydrogen) atoms. The van der Waals surface area contributed by atoms with Crippen LogP contribution in [0.4, 0.5) is 13.2 Å². The maximum absolute atomic E-state index is 12.2. The van der Waals surface area contributed by atoms with Crippen molar-refractivity contribution in [3.8, 4) is 0 Å². The number of carbonyl (C=O) groups excluding carboxylic acids is 2. The number of unbranched alkanes of at least 4 members (excludes halogenated alkanes) is 11. The lowest BCUT2D eigenvalue weighted by atomic mass is 10.1. The zero-order valence-corrected chi connectivity index (χ0v) is 21.5. The van der Waals surface area contributed by atoms with Crippen molar-refractivity contribution in [1.82, 2.24) is 4.90 Å². The van der Waals surface area contributed by atoms with E-state index < -0.39 is 18.2 Å². The molecule has 0 bridgehead atoms. The van der Waals surface area contributed by atoms with E-state index in [9.17, 15) is 23.1 Å². The quantitative estimate of drug-likeness (QED) is 0.223. The summed E-state index contributed by atoms with van der Waals surface area (Å²) in [5.74, 6) is -2.99. The summed E-state index contributed by atoms with van der Waals surface area (Å²) in [6.07, 6.45) is 10.1. The van der Waals surface area contributed by atoms with Gasteiger partial charge in [-0.25, -0.2) is 0 Å². The molecule has 2 N–H and O–H groups in total. The number of alkyl halides is 3. The molecule has 0 radical (unpaired) electrons. The largest absolute Gasteiger partial charge is 0.542 e. The van der Waals surface area contributed by atoms with Crippen molar-refractivity contribution in [2.24, 2.45) is 0 Å². The van der Waals surface area contributed by atoms with Crippen LogP contribution in [0.2, 0.25) is 0 Å². The lowest BCUT2D eigenvalue weighted by Crippen LogP contribution is -2.49. The van der Waals surface area contributed by atoms with Crippen LogP contribution in [-0.2, 0) is 9.59 Å². The number of carboxylic acid groups (broad SMARTS) is 1. The van der Waals surface area contributed by atoms with Crippen LogP contribution < -0.4 is 5.11 Å². The van der Waals surface area contributed by atoms with E-state index in [0.717, 1.165) is 13.0 Å². The van der Waals surface area contributed by atoms with Crippen LogP contribution in [0.3, 0.4) is 0 Å². The molecule has 0 aromatic heterocycles. The van der Waals surface area contributed by atoms with Gasteiger partial charge in [0.15, 0.2) is 6.54 Å². The van der Waals surface area contributed by atoms with Crippen LogP contribution >= 0.6 is 0 Å². The third-order valence-electron chi connectivity index (χ3n) is 5.53. The number of amides is 1. The Balaban J connectivity index is 0. The van der Waals surface area contributed by atoms with E-state index in [1.54, 1.807) is 7.05 Å². The van der Waals surface area contributed by atoms with Crippen LogP contribution in [0.5, 0.6) is 0 Å². The zero-order valence-electron chi connectivity index (χ0n) is 21.5. The molecule has 0 saturated carbocycles. The molecule has 0 aliphatic carbocycles. The number of likely N-dealkylation sites (N-methyl/N-ethyl adjacent to an activating group) is 2. The van der Waals surface area contributed by atoms with Crippen molar-refractivity contribution in [3.05, 3.63) is 0 Å². The van der Waals surface area contributed by atoms with Gasteiger partial charge in [-0.15, -0.1) is 0 Å². The predicted molar refractivity (Wildman–Crippen MR) is 125 cm³/mol. The molecule has 0 fully saturated rings. The number of carboxylic acids is 1. The lowest BCUT2D eigenvalue weighted by molar-refractivity contribution is -0.883. The Hall–Kier alpha value is -1.39. The first-order valence-corrected chi connectivity index (χ1v) is 12.4. The summed E-state index contributed by atoms with van der Waals surface area (Å²) >= 11 is 0. The minimum absolute atomic E-state index is 0.0198. The summed E-state index contributed by atoms with van der Waals surface area (Å²) in [7, 11) is 5.87. The van der Waals surface area contributed by atoms with E-state index >= 15 is 0 Å². The van der Waals surface area contributed by atoms with Gasteiger partial charge in [-0.1, -0.05) is 71.1 Å². The molecule has 0 aromatic rings. The molecule has 0 saturated heterocycles. The Morgan fingerprint density at radius 2 is 1.29 bits per heavy atom. The van der Waals surface area contributed by atoms with E-state index in [1.165, 1.54) is 75.5 Å². The highest BCUT2D eigenvalue weighted by Crippen LogP contribution is 2.13. The van der Waals surface area contributed by atoms with Crippen LogP contribution in [0.1, 0.15) is 84.0 Å². The highest BCUT2D eigenvalue weighted by atomic mass is 19.4. The van der Waals surface area contributed by atoms with E-state index in [1.807, 2.05) is 0 Å². The summed E-state index contributed by atoms with van der Waals surface area (Å²) in [6, 6.07) is 0. The van der Waals surface area contributed by atoms with Gasteiger partial charge in [-0.2, -0.15) is 13.2 Å². The van der Waals surface area contributed by atoms with Gasteiger partial charge in [-0.05, 0) is 12.8 Å². The number of quaternary nitrogens is 1. The second kappa shape index (κ2) is 19.9. The number of halogens is 3. The normalized spacial score (nSPS) is 12.6. The van der Waals surface area contributed by atoms with Crippen molar-refractivity contribution >= 4 is 11.9 Å². The Labute approximate surface area is 203 Å². The second-order valence-electron chi connectivity index (χ2n) is 9.60. The lowest BCUT2D eigenvalue weighted by Gasteiger charge is -2.31. The molecule has 0 heterocycles. The molecule has 1 unspecified atom stereocenters. The molecule has 204 valence electrons. The summed E-state index contributed by atoms with van der Waals surface area (Å²) in [4.78, 5) is 22.5. The van der Waals surface area contributed by atoms with Crippen molar-refractivity contribution < 1.29 is 42.6 Å². The van der Waals surface area contributed by atoms with Crippen LogP contribution in [0, 0.1) is 0 Å². The summed E-state index contributed by atoms with van der Waals surface area (Å²) in [5, 5.41) is 27.1. The summed E-state index contributed by atoms with van der Waals surface area (Å²) in [6.45, 7) is 3.58. The molecule has 0 aliphatic heterocycles. The van der Waals surface area contributed by atoms with Gasteiger partial charge in [-0.3, -0.25) is 4.79 Å². The smallest absolute Gasteiger partial charge is 0.430 e. The van der Waals surface area contributed by atoms with E-state index in [-0.39, 0.29) is 19.1 Å². The third-order valence-corrected chi connectivity index (χ3v) is 5.53. The van der Waals surface area contributed by atoms with Crippen molar-refractivity contribution in [2.45, 2.75) is 96.3 Å². The molecule has 0 rings (SSSR count). The number of aliphatic carboxylic acids is 1. The molecule has 1 amide bonds. The number of rotatable bonds is 18. The van der Waals surface area contributed by atoms with Crippen molar-refractivity contribution in [1.29, 1.82) is 0 Å². The molecular formula is C24H47F3N2O5. The number of carbonyl (C=O) groups is 2. The number of hydrogen-bond acceptors (Lipinski definition) is 5. The molecule has 0 aromatic carbocycles. The van der Waals surface area contributed by atoms with Gasteiger partial charge < -0.3 is 29.5 Å². The molecule has 0 aliphatic rings. The molecule has 10 heteroatoms. The van der Waals surface area contributed by atoms with Crippen molar-refractivity contribution in [3.63, 3.8) is 0 Å². The zero-order chi connectivity index (χ0) is 26.6. The van der Waals surface area contributed by atoms with Crippen LogP contribution in [-0.4, -0.2) is 91.1 Å². The fourth-order valence-corrected chi connectivity index (χ4v) is 3.42. The minimum atomic E-state index is -5.19. The third kappa shape index (κ3) is 22.4. The molecule has 0 spiro atoms. The first-order chi connectivity index (χ1) is 15.8. The first kappa shape index (κ1) is 34.8. The van der Waals surface area contributed by atoms with Gasteiger partial charge in [0.25, 0.3) is 5.91 Å².